The Kier molecular flexibility index (Phi) is 5.36. The van der Waals surface area contributed by atoms with Gasteiger partial charge in [0.25, 0.3) is 5.91 Å². The smallest absolute Gasteiger partial charge is 0.261 e. The number of ether oxygens (including phenoxy) is 1. The fourth-order valence-corrected chi connectivity index (χ4v) is 3.12. The Morgan fingerprint density at radius 3 is 3.05 bits per heavy atom. The van der Waals surface area contributed by atoms with E-state index in [4.69, 9.17) is 16.3 Å². The van der Waals surface area contributed by atoms with Crippen LogP contribution in [0.4, 0.5) is 0 Å². The summed E-state index contributed by atoms with van der Waals surface area (Å²) in [5.41, 5.74) is 1.01. The summed E-state index contributed by atoms with van der Waals surface area (Å²) in [6.07, 6.45) is 2.12. The third-order valence-corrected chi connectivity index (χ3v) is 4.19. The maximum atomic E-state index is 12.3. The number of amides is 1. The largest absolute Gasteiger partial charge is 0.480 e. The molecule has 2 N–H and O–H groups in total. The summed E-state index contributed by atoms with van der Waals surface area (Å²) in [5, 5.41) is 7.16. The molecule has 1 amide bonds. The van der Waals surface area contributed by atoms with E-state index in [1.165, 1.54) is 0 Å². The highest BCUT2D eigenvalue weighted by Gasteiger charge is 2.31. The van der Waals surface area contributed by atoms with Crippen molar-refractivity contribution in [2.45, 2.75) is 44.4 Å². The molecule has 116 valence electrons. The van der Waals surface area contributed by atoms with Crippen molar-refractivity contribution in [3.05, 3.63) is 28.8 Å². The summed E-state index contributed by atoms with van der Waals surface area (Å²) < 4.78 is 5.71. The monoisotopic (exact) mass is 330 g/mol. The standard InChI is InChI=1S/C15H19ClN2O2.ClH/c1-9-6-12(4-5-17-9)18-15(19)14-8-10-7-11(16)2-3-13(10)20-14;/h2-3,7,9,12,14,17H,4-6,8H2,1H3,(H,18,19);1H. The van der Waals surface area contributed by atoms with Crippen molar-refractivity contribution in [2.24, 2.45) is 0 Å². The van der Waals surface area contributed by atoms with E-state index in [0.717, 1.165) is 30.7 Å². The molecule has 0 aliphatic carbocycles. The molecule has 6 heteroatoms. The van der Waals surface area contributed by atoms with Crippen LogP contribution in [-0.2, 0) is 11.2 Å². The van der Waals surface area contributed by atoms with Gasteiger partial charge in [-0.05, 0) is 50.1 Å². The molecule has 2 aliphatic rings. The second-order valence-corrected chi connectivity index (χ2v) is 6.08. The highest BCUT2D eigenvalue weighted by atomic mass is 35.5. The lowest BCUT2D eigenvalue weighted by molar-refractivity contribution is -0.128. The summed E-state index contributed by atoms with van der Waals surface area (Å²) >= 11 is 5.96. The van der Waals surface area contributed by atoms with Gasteiger partial charge in [-0.2, -0.15) is 0 Å². The zero-order chi connectivity index (χ0) is 14.1. The lowest BCUT2D eigenvalue weighted by atomic mass is 10.00. The lowest BCUT2D eigenvalue weighted by Gasteiger charge is -2.29. The maximum Gasteiger partial charge on any atom is 0.261 e. The van der Waals surface area contributed by atoms with E-state index < -0.39 is 6.10 Å². The van der Waals surface area contributed by atoms with Crippen LogP contribution in [0, 0.1) is 0 Å². The average Bonchev–Trinajstić information content (AvgIpc) is 2.81. The van der Waals surface area contributed by atoms with E-state index in [1.54, 1.807) is 6.07 Å². The van der Waals surface area contributed by atoms with Gasteiger partial charge in [-0.25, -0.2) is 0 Å². The van der Waals surface area contributed by atoms with Gasteiger partial charge in [0.15, 0.2) is 6.10 Å². The Morgan fingerprint density at radius 1 is 1.48 bits per heavy atom. The van der Waals surface area contributed by atoms with E-state index in [1.807, 2.05) is 12.1 Å². The quantitative estimate of drug-likeness (QED) is 0.874. The minimum absolute atomic E-state index is 0. The molecule has 3 atom stereocenters. The van der Waals surface area contributed by atoms with E-state index in [9.17, 15) is 4.79 Å². The van der Waals surface area contributed by atoms with Gasteiger partial charge < -0.3 is 15.4 Å². The Morgan fingerprint density at radius 2 is 2.29 bits per heavy atom. The molecule has 0 bridgehead atoms. The Balaban J connectivity index is 0.00000161. The fraction of sp³-hybridized carbons (Fsp3) is 0.533. The van der Waals surface area contributed by atoms with Crippen molar-refractivity contribution in [1.29, 1.82) is 0 Å². The maximum absolute atomic E-state index is 12.3. The number of nitrogens with one attached hydrogen (secondary N) is 2. The van der Waals surface area contributed by atoms with Gasteiger partial charge in [0.2, 0.25) is 0 Å². The van der Waals surface area contributed by atoms with Gasteiger partial charge >= 0.3 is 0 Å². The molecule has 1 aromatic rings. The van der Waals surface area contributed by atoms with Crippen LogP contribution < -0.4 is 15.4 Å². The number of carbonyl (C=O) groups excluding carboxylic acids is 1. The van der Waals surface area contributed by atoms with Crippen LogP contribution >= 0.6 is 24.0 Å². The van der Waals surface area contributed by atoms with Crippen molar-refractivity contribution in [1.82, 2.24) is 10.6 Å². The number of hydrogen-bond donors (Lipinski definition) is 2. The van der Waals surface area contributed by atoms with Crippen LogP contribution in [0.15, 0.2) is 18.2 Å². The number of piperidine rings is 1. The van der Waals surface area contributed by atoms with Gasteiger partial charge in [0.1, 0.15) is 5.75 Å². The lowest BCUT2D eigenvalue weighted by Crippen LogP contribution is -2.49. The van der Waals surface area contributed by atoms with Crippen molar-refractivity contribution in [3.8, 4) is 5.75 Å². The molecule has 2 heterocycles. The van der Waals surface area contributed by atoms with Gasteiger partial charge in [-0.15, -0.1) is 12.4 Å². The first kappa shape index (κ1) is 16.4. The van der Waals surface area contributed by atoms with E-state index in [0.29, 0.717) is 17.5 Å². The first-order valence-corrected chi connectivity index (χ1v) is 7.48. The van der Waals surface area contributed by atoms with Crippen LogP contribution in [0.1, 0.15) is 25.3 Å². The average molecular weight is 331 g/mol. The molecule has 1 aromatic carbocycles. The Labute approximate surface area is 136 Å². The second-order valence-electron chi connectivity index (χ2n) is 5.65. The number of rotatable bonds is 2. The van der Waals surface area contributed by atoms with Crippen molar-refractivity contribution < 1.29 is 9.53 Å². The van der Waals surface area contributed by atoms with Crippen molar-refractivity contribution >= 4 is 29.9 Å². The summed E-state index contributed by atoms with van der Waals surface area (Å²) in [5.74, 6) is 0.754. The fourth-order valence-electron chi connectivity index (χ4n) is 2.92. The van der Waals surface area contributed by atoms with Gasteiger partial charge in [0, 0.05) is 23.5 Å². The van der Waals surface area contributed by atoms with Crippen molar-refractivity contribution in [3.63, 3.8) is 0 Å². The summed E-state index contributed by atoms with van der Waals surface area (Å²) in [4.78, 5) is 12.3. The Bertz CT molecular complexity index is 524. The number of hydrogen-bond acceptors (Lipinski definition) is 3. The van der Waals surface area contributed by atoms with Crippen LogP contribution in [0.2, 0.25) is 5.02 Å². The molecule has 21 heavy (non-hydrogen) atoms. The first-order valence-electron chi connectivity index (χ1n) is 7.10. The number of halogens is 2. The third-order valence-electron chi connectivity index (χ3n) is 3.96. The molecule has 2 aliphatic heterocycles. The molecule has 1 saturated heterocycles. The molecule has 0 radical (unpaired) electrons. The molecule has 1 fully saturated rings. The zero-order valence-corrected chi connectivity index (χ0v) is 13.5. The van der Waals surface area contributed by atoms with Crippen LogP contribution in [-0.4, -0.2) is 30.6 Å². The molecular formula is C15H20Cl2N2O2. The summed E-state index contributed by atoms with van der Waals surface area (Å²) in [7, 11) is 0. The number of carbonyl (C=O) groups is 1. The summed E-state index contributed by atoms with van der Waals surface area (Å²) in [6, 6.07) is 6.19. The van der Waals surface area contributed by atoms with Crippen LogP contribution in [0.25, 0.3) is 0 Å². The van der Waals surface area contributed by atoms with Gasteiger partial charge in [-0.1, -0.05) is 11.6 Å². The molecule has 4 nitrogen and oxygen atoms in total. The minimum Gasteiger partial charge on any atom is -0.480 e. The molecule has 0 aromatic heterocycles. The van der Waals surface area contributed by atoms with E-state index in [-0.39, 0.29) is 24.4 Å². The van der Waals surface area contributed by atoms with Gasteiger partial charge in [0.05, 0.1) is 0 Å². The number of benzene rings is 1. The zero-order valence-electron chi connectivity index (χ0n) is 11.9. The molecular weight excluding hydrogens is 311 g/mol. The van der Waals surface area contributed by atoms with E-state index >= 15 is 0 Å². The summed E-state index contributed by atoms with van der Waals surface area (Å²) in [6.45, 7) is 3.09. The molecule has 3 unspecified atom stereocenters. The molecule has 0 spiro atoms. The SMILES string of the molecule is CC1CC(NC(=O)C2Cc3cc(Cl)ccc3O2)CCN1.Cl. The number of fused-ring (bicyclic) bond motifs is 1. The van der Waals surface area contributed by atoms with Crippen LogP contribution in [0.5, 0.6) is 5.75 Å². The van der Waals surface area contributed by atoms with Crippen LogP contribution in [0.3, 0.4) is 0 Å². The minimum atomic E-state index is -0.423. The Hall–Kier alpha value is -0.970. The second kappa shape index (κ2) is 6.86. The van der Waals surface area contributed by atoms with E-state index in [2.05, 4.69) is 17.6 Å². The first-order chi connectivity index (χ1) is 9.61. The van der Waals surface area contributed by atoms with Gasteiger partial charge in [-0.3, -0.25) is 4.79 Å². The molecule has 3 rings (SSSR count). The predicted molar refractivity (Wildman–Crippen MR) is 85.4 cm³/mol. The third kappa shape index (κ3) is 3.82. The highest BCUT2D eigenvalue weighted by molar-refractivity contribution is 6.30. The van der Waals surface area contributed by atoms with Crippen molar-refractivity contribution in [2.75, 3.05) is 6.54 Å². The topological polar surface area (TPSA) is 50.4 Å². The predicted octanol–water partition coefficient (Wildman–Crippen LogP) is 2.32. The normalized spacial score (nSPS) is 27.2. The highest BCUT2D eigenvalue weighted by Crippen LogP contribution is 2.31. The molecule has 0 saturated carbocycles.